The van der Waals surface area contributed by atoms with Crippen LogP contribution >= 0.6 is 0 Å². The molecular weight excluding hydrogens is 318 g/mol. The van der Waals surface area contributed by atoms with Crippen molar-refractivity contribution in [2.45, 2.75) is 38.0 Å². The predicted molar refractivity (Wildman–Crippen MR) is 93.4 cm³/mol. The van der Waals surface area contributed by atoms with Crippen molar-refractivity contribution in [1.29, 1.82) is 0 Å². The molecule has 0 unspecified atom stereocenters. The van der Waals surface area contributed by atoms with Gasteiger partial charge in [0.15, 0.2) is 11.5 Å². The summed E-state index contributed by atoms with van der Waals surface area (Å²) in [4.78, 5) is 12.5. The second-order valence-corrected chi connectivity index (χ2v) is 6.92. The lowest BCUT2D eigenvalue weighted by Crippen LogP contribution is -2.39. The van der Waals surface area contributed by atoms with Gasteiger partial charge >= 0.3 is 0 Å². The maximum Gasteiger partial charge on any atom is 0.254 e. The molecule has 5 nitrogen and oxygen atoms in total. The van der Waals surface area contributed by atoms with Crippen molar-refractivity contribution in [2.75, 3.05) is 19.8 Å². The highest BCUT2D eigenvalue weighted by atomic mass is 16.6. The van der Waals surface area contributed by atoms with Crippen LogP contribution in [0.25, 0.3) is 0 Å². The molecule has 1 amide bonds. The molecule has 1 aliphatic heterocycles. The molecule has 2 aliphatic rings. The van der Waals surface area contributed by atoms with Gasteiger partial charge in [-0.25, -0.2) is 0 Å². The Kier molecular flexibility index (Phi) is 4.15. The number of hydrogen-bond acceptors (Lipinski definition) is 4. The monoisotopic (exact) mass is 341 g/mol. The largest absolute Gasteiger partial charge is 0.486 e. The smallest absolute Gasteiger partial charge is 0.254 e. The minimum absolute atomic E-state index is 0.0386. The second-order valence-electron chi connectivity index (χ2n) is 6.92. The van der Waals surface area contributed by atoms with Crippen molar-refractivity contribution in [3.05, 3.63) is 47.4 Å². The summed E-state index contributed by atoms with van der Waals surface area (Å²) in [6.45, 7) is 3.61. The van der Waals surface area contributed by atoms with E-state index >= 15 is 0 Å². The minimum atomic E-state index is -0.0740. The Morgan fingerprint density at radius 3 is 2.60 bits per heavy atom. The van der Waals surface area contributed by atoms with Crippen LogP contribution in [0.2, 0.25) is 0 Å². The van der Waals surface area contributed by atoms with Gasteiger partial charge in [0, 0.05) is 12.0 Å². The molecule has 132 valence electrons. The number of ether oxygens (including phenoxy) is 2. The summed E-state index contributed by atoms with van der Waals surface area (Å²) in [5.74, 6) is 2.20. The van der Waals surface area contributed by atoms with Gasteiger partial charge in [0.1, 0.15) is 19.0 Å². The third kappa shape index (κ3) is 2.99. The fraction of sp³-hybridized carbons (Fsp3) is 0.450. The molecule has 1 N–H and O–H groups in total. The number of fused-ring (bicyclic) bond motifs is 1. The normalized spacial score (nSPS) is 18.1. The molecule has 2 heterocycles. The number of rotatable bonds is 4. The molecule has 5 heteroatoms. The molecular formula is C20H23NO4. The van der Waals surface area contributed by atoms with Crippen molar-refractivity contribution in [1.82, 2.24) is 5.32 Å². The Hall–Kier alpha value is -2.43. The highest BCUT2D eigenvalue weighted by Gasteiger charge is 2.37. The number of amides is 1. The molecule has 25 heavy (non-hydrogen) atoms. The van der Waals surface area contributed by atoms with Gasteiger partial charge in [-0.05, 0) is 43.5 Å². The zero-order valence-electron chi connectivity index (χ0n) is 14.5. The first-order valence-corrected chi connectivity index (χ1v) is 8.90. The number of furan rings is 1. The summed E-state index contributed by atoms with van der Waals surface area (Å²) in [5.41, 5.74) is 1.79. The summed E-state index contributed by atoms with van der Waals surface area (Å²) in [6, 6.07) is 7.92. The Morgan fingerprint density at radius 2 is 1.88 bits per heavy atom. The van der Waals surface area contributed by atoms with Gasteiger partial charge in [-0.15, -0.1) is 0 Å². The summed E-state index contributed by atoms with van der Waals surface area (Å²) in [6.07, 6.45) is 6.04. The maximum atomic E-state index is 12.5. The average Bonchev–Trinajstić information content (AvgIpc) is 3.29. The van der Waals surface area contributed by atoms with E-state index in [4.69, 9.17) is 13.9 Å². The molecule has 1 saturated carbocycles. The van der Waals surface area contributed by atoms with E-state index in [-0.39, 0.29) is 11.3 Å². The minimum Gasteiger partial charge on any atom is -0.486 e. The molecule has 0 saturated heterocycles. The van der Waals surface area contributed by atoms with Gasteiger partial charge < -0.3 is 19.2 Å². The van der Waals surface area contributed by atoms with Crippen LogP contribution in [0.5, 0.6) is 11.5 Å². The van der Waals surface area contributed by atoms with Gasteiger partial charge in [0.05, 0.1) is 11.8 Å². The molecule has 0 spiro atoms. The Labute approximate surface area is 147 Å². The zero-order valence-corrected chi connectivity index (χ0v) is 14.5. The molecule has 0 radical (unpaired) electrons. The van der Waals surface area contributed by atoms with E-state index < -0.39 is 0 Å². The summed E-state index contributed by atoms with van der Waals surface area (Å²) in [5, 5.41) is 3.12. The van der Waals surface area contributed by atoms with Crippen molar-refractivity contribution in [2.24, 2.45) is 0 Å². The van der Waals surface area contributed by atoms with Gasteiger partial charge in [-0.2, -0.15) is 0 Å². The summed E-state index contributed by atoms with van der Waals surface area (Å²) >= 11 is 0. The van der Waals surface area contributed by atoms with Crippen molar-refractivity contribution in [3.63, 3.8) is 0 Å². The summed E-state index contributed by atoms with van der Waals surface area (Å²) in [7, 11) is 0. The predicted octanol–water partition coefficient (Wildman–Crippen LogP) is 3.60. The second kappa shape index (κ2) is 6.47. The number of benzene rings is 1. The first kappa shape index (κ1) is 16.1. The van der Waals surface area contributed by atoms with E-state index in [9.17, 15) is 4.79 Å². The zero-order chi connectivity index (χ0) is 17.3. The average molecular weight is 341 g/mol. The lowest BCUT2D eigenvalue weighted by Gasteiger charge is -2.31. The molecule has 1 aromatic carbocycles. The van der Waals surface area contributed by atoms with Crippen LogP contribution in [0.1, 0.15) is 47.4 Å². The van der Waals surface area contributed by atoms with E-state index in [0.717, 1.165) is 24.3 Å². The van der Waals surface area contributed by atoms with Crippen LogP contribution in [-0.2, 0) is 5.41 Å². The topological polar surface area (TPSA) is 60.7 Å². The van der Waals surface area contributed by atoms with Gasteiger partial charge in [0.25, 0.3) is 5.91 Å². The highest BCUT2D eigenvalue weighted by molar-refractivity contribution is 5.95. The summed E-state index contributed by atoms with van der Waals surface area (Å²) < 4.78 is 16.6. The van der Waals surface area contributed by atoms with Crippen molar-refractivity contribution < 1.29 is 18.7 Å². The molecule has 4 rings (SSSR count). The number of carbonyl (C=O) groups is 1. The van der Waals surface area contributed by atoms with E-state index in [0.29, 0.717) is 31.1 Å². The number of nitrogens with one attached hydrogen (secondary N) is 1. The number of carbonyl (C=O) groups excluding carboxylic acids is 1. The van der Waals surface area contributed by atoms with Gasteiger partial charge in [0.2, 0.25) is 0 Å². The third-order valence-corrected chi connectivity index (χ3v) is 5.41. The first-order valence-electron chi connectivity index (χ1n) is 8.90. The van der Waals surface area contributed by atoms with Crippen LogP contribution in [0, 0.1) is 6.92 Å². The Bertz CT molecular complexity index is 774. The fourth-order valence-electron chi connectivity index (χ4n) is 3.96. The molecule has 2 aromatic rings. The third-order valence-electron chi connectivity index (χ3n) is 5.41. The van der Waals surface area contributed by atoms with Crippen LogP contribution in [0.15, 0.2) is 34.9 Å². The van der Waals surface area contributed by atoms with E-state index in [1.54, 1.807) is 19.3 Å². The Balaban J connectivity index is 1.56. The first-order chi connectivity index (χ1) is 12.2. The molecule has 0 atom stereocenters. The van der Waals surface area contributed by atoms with Crippen LogP contribution in [0.3, 0.4) is 0 Å². The molecule has 1 fully saturated rings. The van der Waals surface area contributed by atoms with Crippen LogP contribution in [0.4, 0.5) is 0 Å². The number of hydrogen-bond donors (Lipinski definition) is 1. The van der Waals surface area contributed by atoms with E-state index in [1.165, 1.54) is 18.4 Å². The number of aryl methyl sites for hydroxylation is 1. The lowest BCUT2D eigenvalue weighted by atomic mass is 9.78. The quantitative estimate of drug-likeness (QED) is 0.923. The standard InChI is InChI=1S/C20H23NO4/c1-14-16(6-9-23-14)19(22)21-13-20(7-2-3-8-20)15-4-5-17-18(12-15)25-11-10-24-17/h4-6,9,12H,2-3,7-8,10-11,13H2,1H3,(H,21,22). The SMILES string of the molecule is Cc1occc1C(=O)NCC1(c2ccc3c(c2)OCCO3)CCCC1. The Morgan fingerprint density at radius 1 is 1.12 bits per heavy atom. The highest BCUT2D eigenvalue weighted by Crippen LogP contribution is 2.43. The van der Waals surface area contributed by atoms with Crippen molar-refractivity contribution in [3.8, 4) is 11.5 Å². The van der Waals surface area contributed by atoms with E-state index in [1.807, 2.05) is 6.07 Å². The molecule has 1 aromatic heterocycles. The molecule has 0 bridgehead atoms. The van der Waals surface area contributed by atoms with Crippen molar-refractivity contribution >= 4 is 5.91 Å². The van der Waals surface area contributed by atoms with Gasteiger partial charge in [-0.1, -0.05) is 18.9 Å². The fourth-order valence-corrected chi connectivity index (χ4v) is 3.96. The van der Waals surface area contributed by atoms with Crippen LogP contribution in [-0.4, -0.2) is 25.7 Å². The van der Waals surface area contributed by atoms with Gasteiger partial charge in [-0.3, -0.25) is 4.79 Å². The maximum absolute atomic E-state index is 12.5. The van der Waals surface area contributed by atoms with Crippen LogP contribution < -0.4 is 14.8 Å². The lowest BCUT2D eigenvalue weighted by molar-refractivity contribution is 0.0941. The molecule has 1 aliphatic carbocycles. The van der Waals surface area contributed by atoms with E-state index in [2.05, 4.69) is 17.4 Å².